The van der Waals surface area contributed by atoms with Crippen LogP contribution < -0.4 is 5.32 Å². The molecule has 21 heavy (non-hydrogen) atoms. The molecule has 6 heteroatoms. The van der Waals surface area contributed by atoms with E-state index in [9.17, 15) is 4.79 Å². The van der Waals surface area contributed by atoms with Crippen LogP contribution in [-0.2, 0) is 0 Å². The van der Waals surface area contributed by atoms with Crippen molar-refractivity contribution in [2.75, 3.05) is 13.1 Å². The minimum atomic E-state index is 0.0170. The van der Waals surface area contributed by atoms with Crippen molar-refractivity contribution < 1.29 is 4.79 Å². The van der Waals surface area contributed by atoms with E-state index in [1.165, 1.54) is 0 Å². The first kappa shape index (κ1) is 14.0. The Bertz CT molecular complexity index is 693. The Hall–Kier alpha value is -1.95. The third-order valence-electron chi connectivity index (χ3n) is 4.03. The number of hydrogen-bond acceptors (Lipinski definition) is 4. The van der Waals surface area contributed by atoms with E-state index in [1.54, 1.807) is 10.7 Å². The van der Waals surface area contributed by atoms with Crippen LogP contribution in [0.25, 0.3) is 5.65 Å². The summed E-state index contributed by atoms with van der Waals surface area (Å²) in [4.78, 5) is 19.3. The molecule has 112 valence electrons. The zero-order valence-corrected chi connectivity index (χ0v) is 12.9. The summed E-state index contributed by atoms with van der Waals surface area (Å²) < 4.78 is 1.73. The second kappa shape index (κ2) is 5.11. The van der Waals surface area contributed by atoms with Gasteiger partial charge < -0.3 is 10.2 Å². The first-order valence-electron chi connectivity index (χ1n) is 7.33. The fourth-order valence-electron chi connectivity index (χ4n) is 2.88. The molecule has 0 spiro atoms. The Morgan fingerprint density at radius 2 is 2.14 bits per heavy atom. The van der Waals surface area contributed by atoms with Gasteiger partial charge in [0.1, 0.15) is 5.56 Å². The minimum Gasteiger partial charge on any atom is -0.333 e. The van der Waals surface area contributed by atoms with Crippen molar-refractivity contribution in [3.63, 3.8) is 0 Å². The molecule has 1 aliphatic heterocycles. The summed E-state index contributed by atoms with van der Waals surface area (Å²) in [5.74, 6) is 0.0170. The van der Waals surface area contributed by atoms with Crippen molar-refractivity contribution in [3.8, 4) is 0 Å². The minimum absolute atomic E-state index is 0.0170. The van der Waals surface area contributed by atoms with E-state index in [1.807, 2.05) is 24.8 Å². The third-order valence-corrected chi connectivity index (χ3v) is 4.03. The van der Waals surface area contributed by atoms with E-state index < -0.39 is 0 Å². The van der Waals surface area contributed by atoms with E-state index in [-0.39, 0.29) is 11.9 Å². The Morgan fingerprint density at radius 1 is 1.38 bits per heavy atom. The summed E-state index contributed by atoms with van der Waals surface area (Å²) in [6.45, 7) is 9.59. The van der Waals surface area contributed by atoms with Crippen LogP contribution in [0.15, 0.2) is 12.3 Å². The number of carbonyl (C=O) groups excluding carboxylic acids is 1. The summed E-state index contributed by atoms with van der Waals surface area (Å²) in [5.41, 5.74) is 3.12. The van der Waals surface area contributed by atoms with Crippen molar-refractivity contribution >= 4 is 11.6 Å². The van der Waals surface area contributed by atoms with Gasteiger partial charge in [-0.1, -0.05) is 0 Å². The SMILES string of the molecule is Cc1cc(C)n2ncc(C(=O)N3CC(C)NCC3C)c2n1. The maximum Gasteiger partial charge on any atom is 0.259 e. The molecule has 1 saturated heterocycles. The van der Waals surface area contributed by atoms with Gasteiger partial charge in [0.05, 0.1) is 6.20 Å². The number of amides is 1. The highest BCUT2D eigenvalue weighted by molar-refractivity contribution is 6.00. The van der Waals surface area contributed by atoms with Gasteiger partial charge in [0, 0.05) is 36.6 Å². The largest absolute Gasteiger partial charge is 0.333 e. The van der Waals surface area contributed by atoms with E-state index >= 15 is 0 Å². The van der Waals surface area contributed by atoms with Gasteiger partial charge in [-0.2, -0.15) is 5.10 Å². The van der Waals surface area contributed by atoms with Crippen LogP contribution in [-0.4, -0.2) is 50.6 Å². The number of rotatable bonds is 1. The number of carbonyl (C=O) groups is 1. The lowest BCUT2D eigenvalue weighted by Gasteiger charge is -2.37. The number of nitrogens with zero attached hydrogens (tertiary/aromatic N) is 4. The van der Waals surface area contributed by atoms with Crippen molar-refractivity contribution in [1.29, 1.82) is 0 Å². The maximum atomic E-state index is 12.9. The molecule has 0 radical (unpaired) electrons. The summed E-state index contributed by atoms with van der Waals surface area (Å²) in [6, 6.07) is 2.45. The maximum absolute atomic E-state index is 12.9. The van der Waals surface area contributed by atoms with Crippen LogP contribution in [0.1, 0.15) is 35.6 Å². The van der Waals surface area contributed by atoms with Gasteiger partial charge >= 0.3 is 0 Å². The molecule has 2 atom stereocenters. The standard InChI is InChI=1S/C15H21N5O/c1-9-5-11(3)20-14(18-9)13(7-17-20)15(21)19-8-10(2)16-6-12(19)4/h5,7,10,12,16H,6,8H2,1-4H3. The van der Waals surface area contributed by atoms with Crippen LogP contribution in [0.2, 0.25) is 0 Å². The predicted octanol–water partition coefficient (Wildman–Crippen LogP) is 1.17. The second-order valence-electron chi connectivity index (χ2n) is 5.95. The topological polar surface area (TPSA) is 62.5 Å². The molecule has 0 saturated carbocycles. The molecule has 0 aromatic carbocycles. The molecule has 1 fully saturated rings. The molecule has 2 unspecified atom stereocenters. The molecule has 1 aliphatic rings. The number of aromatic nitrogens is 3. The normalized spacial score (nSPS) is 22.8. The molecule has 6 nitrogen and oxygen atoms in total. The summed E-state index contributed by atoms with van der Waals surface area (Å²) in [7, 11) is 0. The van der Waals surface area contributed by atoms with Crippen molar-refractivity contribution in [3.05, 3.63) is 29.2 Å². The van der Waals surface area contributed by atoms with Crippen LogP contribution in [0.5, 0.6) is 0 Å². The van der Waals surface area contributed by atoms with Gasteiger partial charge in [-0.05, 0) is 33.8 Å². The van der Waals surface area contributed by atoms with Gasteiger partial charge in [0.25, 0.3) is 5.91 Å². The molecule has 3 heterocycles. The summed E-state index contributed by atoms with van der Waals surface area (Å²) >= 11 is 0. The highest BCUT2D eigenvalue weighted by atomic mass is 16.2. The molecule has 2 aromatic rings. The molecule has 1 N–H and O–H groups in total. The number of aryl methyl sites for hydroxylation is 2. The highest BCUT2D eigenvalue weighted by Crippen LogP contribution is 2.17. The Balaban J connectivity index is 2.02. The fraction of sp³-hybridized carbons (Fsp3) is 0.533. The zero-order valence-electron chi connectivity index (χ0n) is 12.9. The fourth-order valence-corrected chi connectivity index (χ4v) is 2.88. The lowest BCUT2D eigenvalue weighted by molar-refractivity contribution is 0.0618. The molecule has 2 aromatic heterocycles. The highest BCUT2D eigenvalue weighted by Gasteiger charge is 2.29. The van der Waals surface area contributed by atoms with Crippen LogP contribution in [0.4, 0.5) is 0 Å². The first-order valence-corrected chi connectivity index (χ1v) is 7.33. The van der Waals surface area contributed by atoms with Crippen LogP contribution in [0, 0.1) is 13.8 Å². The zero-order chi connectivity index (χ0) is 15.1. The third kappa shape index (κ3) is 2.40. The van der Waals surface area contributed by atoms with Gasteiger partial charge in [-0.3, -0.25) is 4.79 Å². The average Bonchev–Trinajstić information content (AvgIpc) is 2.84. The predicted molar refractivity (Wildman–Crippen MR) is 80.4 cm³/mol. The van der Waals surface area contributed by atoms with Gasteiger partial charge in [-0.15, -0.1) is 0 Å². The van der Waals surface area contributed by atoms with Gasteiger partial charge in [0.15, 0.2) is 5.65 Å². The van der Waals surface area contributed by atoms with E-state index in [0.29, 0.717) is 23.8 Å². The van der Waals surface area contributed by atoms with E-state index in [4.69, 9.17) is 0 Å². The van der Waals surface area contributed by atoms with Crippen LogP contribution in [0.3, 0.4) is 0 Å². The van der Waals surface area contributed by atoms with E-state index in [2.05, 4.69) is 29.2 Å². The molecule has 3 rings (SSSR count). The molecular formula is C15H21N5O. The van der Waals surface area contributed by atoms with Crippen molar-refractivity contribution in [1.82, 2.24) is 24.8 Å². The lowest BCUT2D eigenvalue weighted by atomic mass is 10.1. The number of hydrogen-bond donors (Lipinski definition) is 1. The second-order valence-corrected chi connectivity index (χ2v) is 5.95. The number of piperazine rings is 1. The Kier molecular flexibility index (Phi) is 3.41. The Labute approximate surface area is 124 Å². The van der Waals surface area contributed by atoms with E-state index in [0.717, 1.165) is 17.9 Å². The van der Waals surface area contributed by atoms with Crippen molar-refractivity contribution in [2.24, 2.45) is 0 Å². The summed E-state index contributed by atoms with van der Waals surface area (Å²) in [6.07, 6.45) is 1.64. The first-order chi connectivity index (χ1) is 9.97. The average molecular weight is 287 g/mol. The van der Waals surface area contributed by atoms with Gasteiger partial charge in [-0.25, -0.2) is 9.50 Å². The summed E-state index contributed by atoms with van der Waals surface area (Å²) in [5, 5.41) is 7.70. The van der Waals surface area contributed by atoms with Crippen molar-refractivity contribution in [2.45, 2.75) is 39.8 Å². The number of fused-ring (bicyclic) bond motifs is 1. The monoisotopic (exact) mass is 287 g/mol. The molecular weight excluding hydrogens is 266 g/mol. The molecule has 0 bridgehead atoms. The number of nitrogens with one attached hydrogen (secondary N) is 1. The Morgan fingerprint density at radius 3 is 2.90 bits per heavy atom. The quantitative estimate of drug-likeness (QED) is 0.855. The lowest BCUT2D eigenvalue weighted by Crippen LogP contribution is -2.56. The smallest absolute Gasteiger partial charge is 0.259 e. The molecule has 0 aliphatic carbocycles. The van der Waals surface area contributed by atoms with Crippen LogP contribution >= 0.6 is 0 Å². The van der Waals surface area contributed by atoms with Gasteiger partial charge in [0.2, 0.25) is 0 Å². The molecule has 1 amide bonds.